The molecule has 0 spiro atoms. The Morgan fingerprint density at radius 2 is 1.95 bits per heavy atom. The van der Waals surface area contributed by atoms with Crippen LogP contribution >= 0.6 is 11.3 Å². The Morgan fingerprint density at radius 1 is 1.13 bits per heavy atom. The van der Waals surface area contributed by atoms with Gasteiger partial charge in [0.15, 0.2) is 11.6 Å². The number of anilines is 3. The number of aromatic nitrogens is 2. The average Bonchev–Trinajstić information content (AvgIpc) is 3.58. The van der Waals surface area contributed by atoms with Gasteiger partial charge in [-0.25, -0.2) is 25.2 Å². The molecule has 2 aliphatic rings. The minimum Gasteiger partial charge on any atom is -0.380 e. The van der Waals surface area contributed by atoms with Gasteiger partial charge in [-0.3, -0.25) is 4.79 Å². The van der Waals surface area contributed by atoms with E-state index in [1.165, 1.54) is 22.4 Å². The second kappa shape index (κ2) is 11.9. The van der Waals surface area contributed by atoms with Crippen LogP contribution in [0, 0.1) is 5.82 Å². The average molecular weight is 542 g/mol. The second-order valence-corrected chi connectivity index (χ2v) is 11.2. The smallest absolute Gasteiger partial charge is 0.263 e. The van der Waals surface area contributed by atoms with Crippen LogP contribution in [-0.4, -0.2) is 74.3 Å². The van der Waals surface area contributed by atoms with Crippen LogP contribution in [0.25, 0.3) is 10.1 Å². The van der Waals surface area contributed by atoms with Crippen molar-refractivity contribution in [2.45, 2.75) is 38.0 Å². The lowest BCUT2D eigenvalue weighted by molar-refractivity contribution is 0.0831. The fourth-order valence-electron chi connectivity index (χ4n) is 5.32. The minimum atomic E-state index is -0.516. The zero-order valence-electron chi connectivity index (χ0n) is 22.1. The van der Waals surface area contributed by atoms with E-state index in [1.54, 1.807) is 31.4 Å². The third-order valence-electron chi connectivity index (χ3n) is 7.31. The highest BCUT2D eigenvalue weighted by Crippen LogP contribution is 2.44. The molecule has 0 atom stereocenters. The number of nitrogens with two attached hydrogens (primary N) is 1. The summed E-state index contributed by atoms with van der Waals surface area (Å²) in [6.07, 6.45) is 8.66. The minimum absolute atomic E-state index is 0.000131. The summed E-state index contributed by atoms with van der Waals surface area (Å²) in [5, 5.41) is 5.49. The first-order valence-corrected chi connectivity index (χ1v) is 14.1. The van der Waals surface area contributed by atoms with E-state index >= 15 is 4.39 Å². The molecule has 1 aliphatic heterocycles. The summed E-state index contributed by atoms with van der Waals surface area (Å²) in [6.45, 7) is 4.46. The fourth-order valence-corrected chi connectivity index (χ4v) is 6.58. The van der Waals surface area contributed by atoms with E-state index in [-0.39, 0.29) is 11.7 Å². The van der Waals surface area contributed by atoms with Crippen LogP contribution in [0.5, 0.6) is 0 Å². The number of hydrogen-bond acceptors (Lipinski definition) is 9. The Labute approximate surface area is 226 Å². The molecule has 0 radical (unpaired) electrons. The number of ether oxygens (including phenoxy) is 1. The largest absolute Gasteiger partial charge is 0.380 e. The molecule has 1 amide bonds. The van der Waals surface area contributed by atoms with Gasteiger partial charge in [0.2, 0.25) is 0 Å². The van der Waals surface area contributed by atoms with E-state index in [0.29, 0.717) is 30.6 Å². The number of carbonyl (C=O) groups excluding carboxylic acids is 1. The molecule has 4 heterocycles. The van der Waals surface area contributed by atoms with Crippen molar-refractivity contribution in [1.82, 2.24) is 20.2 Å². The van der Waals surface area contributed by atoms with Crippen LogP contribution in [0.1, 0.15) is 53.3 Å². The third kappa shape index (κ3) is 5.61. The Bertz CT molecular complexity index is 1270. The molecule has 2 fully saturated rings. The molecule has 1 saturated heterocycles. The van der Waals surface area contributed by atoms with Crippen LogP contribution in [0.15, 0.2) is 24.5 Å². The summed E-state index contributed by atoms with van der Waals surface area (Å²) >= 11 is 1.47. The highest BCUT2D eigenvalue weighted by molar-refractivity contribution is 7.21. The van der Waals surface area contributed by atoms with Gasteiger partial charge in [-0.1, -0.05) is 12.8 Å². The van der Waals surface area contributed by atoms with Crippen molar-refractivity contribution < 1.29 is 13.9 Å². The third-order valence-corrected chi connectivity index (χ3v) is 8.45. The number of amides is 1. The predicted octanol–water partition coefficient (Wildman–Crippen LogP) is 4.02. The molecule has 1 saturated carbocycles. The lowest BCUT2D eigenvalue weighted by atomic mass is 9.94. The summed E-state index contributed by atoms with van der Waals surface area (Å²) in [6, 6.07) is 3.35. The van der Waals surface area contributed by atoms with Gasteiger partial charge in [-0.05, 0) is 36.8 Å². The molecule has 11 heteroatoms. The Kier molecular flexibility index (Phi) is 8.37. The van der Waals surface area contributed by atoms with Crippen molar-refractivity contribution >= 4 is 44.7 Å². The van der Waals surface area contributed by atoms with Crippen molar-refractivity contribution in [2.24, 2.45) is 5.84 Å². The van der Waals surface area contributed by atoms with Gasteiger partial charge >= 0.3 is 0 Å². The van der Waals surface area contributed by atoms with Gasteiger partial charge in [0.25, 0.3) is 5.91 Å². The molecule has 3 N–H and O–H groups in total. The number of halogens is 1. The number of hydrogen-bond donors (Lipinski definition) is 2. The van der Waals surface area contributed by atoms with Gasteiger partial charge in [-0.2, -0.15) is 0 Å². The Hall–Kier alpha value is -2.86. The van der Waals surface area contributed by atoms with Crippen LogP contribution in [-0.2, 0) is 4.74 Å². The zero-order chi connectivity index (χ0) is 26.6. The van der Waals surface area contributed by atoms with E-state index in [9.17, 15) is 4.79 Å². The number of nitrogens with one attached hydrogen (secondary N) is 1. The molecule has 0 bridgehead atoms. The highest BCUT2D eigenvalue weighted by Gasteiger charge is 2.29. The van der Waals surface area contributed by atoms with Crippen molar-refractivity contribution in [2.75, 3.05) is 63.4 Å². The monoisotopic (exact) mass is 541 g/mol. The fraction of sp³-hybridized carbons (Fsp3) is 0.519. The van der Waals surface area contributed by atoms with Crippen molar-refractivity contribution in [3.05, 3.63) is 40.8 Å². The molecule has 1 aliphatic carbocycles. The van der Waals surface area contributed by atoms with E-state index in [1.807, 2.05) is 6.07 Å². The summed E-state index contributed by atoms with van der Waals surface area (Å²) < 4.78 is 21.9. The van der Waals surface area contributed by atoms with Crippen molar-refractivity contribution in [3.8, 4) is 0 Å². The normalized spacial score (nSPS) is 17.6. The summed E-state index contributed by atoms with van der Waals surface area (Å²) in [5.41, 5.74) is 1.78. The molecule has 38 heavy (non-hydrogen) atoms. The molecule has 0 unspecified atom stereocenters. The van der Waals surface area contributed by atoms with Crippen LogP contribution < -0.4 is 21.1 Å². The molecule has 5 rings (SSSR count). The molecule has 9 nitrogen and oxygen atoms in total. The maximum Gasteiger partial charge on any atom is 0.263 e. The molecular formula is C27H36FN7O2S. The van der Waals surface area contributed by atoms with Gasteiger partial charge < -0.3 is 19.9 Å². The summed E-state index contributed by atoms with van der Waals surface area (Å²) in [5.74, 6) is 6.59. The first-order valence-electron chi connectivity index (χ1n) is 13.3. The first kappa shape index (κ1) is 26.7. The number of fused-ring (bicyclic) bond motifs is 1. The summed E-state index contributed by atoms with van der Waals surface area (Å²) in [7, 11) is 3.55. The van der Waals surface area contributed by atoms with Gasteiger partial charge in [-0.15, -0.1) is 11.3 Å². The number of carbonyl (C=O) groups is 1. The maximum atomic E-state index is 15.4. The second-order valence-electron chi connectivity index (χ2n) is 10.1. The van der Waals surface area contributed by atoms with Gasteiger partial charge in [0.05, 0.1) is 28.1 Å². The lowest BCUT2D eigenvalue weighted by Gasteiger charge is -2.26. The number of pyridine rings is 2. The van der Waals surface area contributed by atoms with Gasteiger partial charge in [0, 0.05) is 64.5 Å². The molecule has 204 valence electrons. The topological polar surface area (TPSA) is 99.9 Å². The SMILES string of the molecule is CN(C)C(=O)c1sc2cnc(N(N)c3ncc(N4CCCOCCNCC4)cc3F)cc2c1C1CCCC1. The number of thiophene rings is 1. The van der Waals surface area contributed by atoms with Crippen molar-refractivity contribution in [3.63, 3.8) is 0 Å². The molecule has 0 aromatic carbocycles. The van der Waals surface area contributed by atoms with Crippen LogP contribution in [0.2, 0.25) is 0 Å². The zero-order valence-corrected chi connectivity index (χ0v) is 22.9. The van der Waals surface area contributed by atoms with E-state index in [2.05, 4.69) is 20.2 Å². The first-order chi connectivity index (χ1) is 18.4. The van der Waals surface area contributed by atoms with Crippen LogP contribution in [0.3, 0.4) is 0 Å². The quantitative estimate of drug-likeness (QED) is 0.369. The molecular weight excluding hydrogens is 505 g/mol. The predicted molar refractivity (Wildman–Crippen MR) is 150 cm³/mol. The number of rotatable bonds is 5. The van der Waals surface area contributed by atoms with Crippen LogP contribution in [0.4, 0.5) is 21.7 Å². The van der Waals surface area contributed by atoms with E-state index in [0.717, 1.165) is 78.8 Å². The summed E-state index contributed by atoms with van der Waals surface area (Å²) in [4.78, 5) is 26.4. The maximum absolute atomic E-state index is 15.4. The Balaban J connectivity index is 1.44. The van der Waals surface area contributed by atoms with Crippen molar-refractivity contribution in [1.29, 1.82) is 0 Å². The molecule has 3 aromatic heterocycles. The number of hydrazine groups is 1. The van der Waals surface area contributed by atoms with E-state index < -0.39 is 5.82 Å². The lowest BCUT2D eigenvalue weighted by Crippen LogP contribution is -2.36. The highest BCUT2D eigenvalue weighted by atomic mass is 32.1. The number of nitrogens with zero attached hydrogens (tertiary/aromatic N) is 5. The Morgan fingerprint density at radius 3 is 2.71 bits per heavy atom. The molecule has 3 aromatic rings. The standard InChI is InChI=1S/C27H36FN7O2S/c1-33(2)27(36)25-24(18-6-3-4-7-18)20-15-23(31-17-22(20)38-25)35(29)26-21(28)14-19(16-32-26)34-10-5-12-37-13-9-30-8-11-34/h14-18,30H,3-13,29H2,1-2H3. The van der Waals surface area contributed by atoms with Gasteiger partial charge in [0.1, 0.15) is 5.82 Å². The van der Waals surface area contributed by atoms with E-state index in [4.69, 9.17) is 10.6 Å².